The maximum absolute atomic E-state index is 12.8. The molecule has 1 amide bonds. The molecule has 2 aromatic heterocycles. The molecule has 1 aromatic carbocycles. The Kier molecular flexibility index (Phi) is 6.53. The monoisotopic (exact) mass is 437 g/mol. The third-order valence-electron chi connectivity index (χ3n) is 5.59. The van der Waals surface area contributed by atoms with Crippen molar-refractivity contribution in [3.8, 4) is 11.5 Å². The van der Waals surface area contributed by atoms with Crippen molar-refractivity contribution < 1.29 is 14.3 Å². The minimum atomic E-state index is -0.182. The van der Waals surface area contributed by atoms with Gasteiger partial charge in [-0.05, 0) is 37.5 Å². The summed E-state index contributed by atoms with van der Waals surface area (Å²) in [4.78, 5) is 36.2. The lowest BCUT2D eigenvalue weighted by molar-refractivity contribution is -0.116. The number of rotatable bonds is 8. The highest BCUT2D eigenvalue weighted by atomic mass is 16.5. The summed E-state index contributed by atoms with van der Waals surface area (Å²) in [5, 5.41) is 3.31. The van der Waals surface area contributed by atoms with Crippen molar-refractivity contribution in [3.05, 3.63) is 47.1 Å². The van der Waals surface area contributed by atoms with Gasteiger partial charge in [0.25, 0.3) is 5.56 Å². The number of nitrogens with one attached hydrogen (secondary N) is 1. The fourth-order valence-electron chi connectivity index (χ4n) is 3.87. The van der Waals surface area contributed by atoms with Gasteiger partial charge in [-0.25, -0.2) is 9.97 Å². The van der Waals surface area contributed by atoms with E-state index in [1.807, 2.05) is 12.1 Å². The number of aromatic nitrogens is 3. The van der Waals surface area contributed by atoms with Crippen LogP contribution in [0.15, 0.2) is 41.6 Å². The molecule has 1 fully saturated rings. The van der Waals surface area contributed by atoms with Crippen LogP contribution in [0.5, 0.6) is 11.5 Å². The Morgan fingerprint density at radius 2 is 1.84 bits per heavy atom. The number of nitrogens with zero attached hydrogens (tertiary/aromatic N) is 4. The zero-order chi connectivity index (χ0) is 22.5. The molecule has 168 valence electrons. The predicted octanol–water partition coefficient (Wildman–Crippen LogP) is 2.83. The van der Waals surface area contributed by atoms with Crippen molar-refractivity contribution in [3.63, 3.8) is 0 Å². The number of benzene rings is 1. The molecule has 0 radical (unpaired) electrons. The van der Waals surface area contributed by atoms with Crippen molar-refractivity contribution in [2.24, 2.45) is 0 Å². The van der Waals surface area contributed by atoms with E-state index in [9.17, 15) is 9.59 Å². The molecule has 0 bridgehead atoms. The number of ether oxygens (including phenoxy) is 2. The number of pyridine rings is 1. The summed E-state index contributed by atoms with van der Waals surface area (Å²) in [5.41, 5.74) is 1.02. The molecular weight excluding hydrogens is 410 g/mol. The lowest BCUT2D eigenvalue weighted by atomic mass is 10.2. The van der Waals surface area contributed by atoms with Crippen LogP contribution in [0.2, 0.25) is 0 Å². The molecule has 4 rings (SSSR count). The second kappa shape index (κ2) is 9.67. The molecule has 0 spiro atoms. The number of amides is 1. The van der Waals surface area contributed by atoms with E-state index in [1.165, 1.54) is 38.0 Å². The molecule has 1 N–H and O–H groups in total. The SMILES string of the molecule is COc1cc2ncn(CCCC(=O)Nc3ccc(N4CCCC4)nc3)c(=O)c2cc1OC. The van der Waals surface area contributed by atoms with Crippen LogP contribution in [0.4, 0.5) is 11.5 Å². The summed E-state index contributed by atoms with van der Waals surface area (Å²) < 4.78 is 12.1. The maximum Gasteiger partial charge on any atom is 0.261 e. The van der Waals surface area contributed by atoms with Crippen LogP contribution >= 0.6 is 0 Å². The van der Waals surface area contributed by atoms with Gasteiger partial charge in [-0.1, -0.05) is 0 Å². The highest BCUT2D eigenvalue weighted by Crippen LogP contribution is 2.29. The van der Waals surface area contributed by atoms with Crippen LogP contribution < -0.4 is 25.2 Å². The smallest absolute Gasteiger partial charge is 0.261 e. The highest BCUT2D eigenvalue weighted by Gasteiger charge is 2.14. The first-order chi connectivity index (χ1) is 15.6. The van der Waals surface area contributed by atoms with Crippen LogP contribution in [0.1, 0.15) is 25.7 Å². The van der Waals surface area contributed by atoms with Gasteiger partial charge in [0.2, 0.25) is 5.91 Å². The van der Waals surface area contributed by atoms with Crippen molar-refractivity contribution in [2.75, 3.05) is 37.5 Å². The number of hydrogen-bond donors (Lipinski definition) is 1. The standard InChI is InChI=1S/C23H27N5O4/c1-31-19-12-17-18(13-20(19)32-2)25-15-28(23(17)30)11-5-6-22(29)26-16-7-8-21(24-14-16)27-9-3-4-10-27/h7-8,12-15H,3-6,9-11H2,1-2H3,(H,26,29). The minimum Gasteiger partial charge on any atom is -0.493 e. The van der Waals surface area contributed by atoms with E-state index in [-0.39, 0.29) is 17.9 Å². The lowest BCUT2D eigenvalue weighted by Crippen LogP contribution is -2.22. The molecule has 3 heterocycles. The normalized spacial score (nSPS) is 13.4. The molecule has 3 aromatic rings. The summed E-state index contributed by atoms with van der Waals surface area (Å²) in [5.74, 6) is 1.82. The van der Waals surface area contributed by atoms with Gasteiger partial charge in [-0.3, -0.25) is 14.2 Å². The molecule has 1 aliphatic heterocycles. The summed E-state index contributed by atoms with van der Waals surface area (Å²) in [7, 11) is 3.06. The third-order valence-corrected chi connectivity index (χ3v) is 5.59. The molecule has 32 heavy (non-hydrogen) atoms. The van der Waals surface area contributed by atoms with Crippen molar-refractivity contribution >= 4 is 28.3 Å². The molecule has 0 saturated carbocycles. The van der Waals surface area contributed by atoms with Gasteiger partial charge in [0.05, 0.1) is 43.3 Å². The fraction of sp³-hybridized carbons (Fsp3) is 0.391. The molecule has 0 aliphatic carbocycles. The number of carbonyl (C=O) groups is 1. The Balaban J connectivity index is 1.35. The van der Waals surface area contributed by atoms with E-state index in [0.717, 1.165) is 18.9 Å². The number of hydrogen-bond acceptors (Lipinski definition) is 7. The van der Waals surface area contributed by atoms with E-state index in [2.05, 4.69) is 20.2 Å². The van der Waals surface area contributed by atoms with Gasteiger partial charge in [-0.15, -0.1) is 0 Å². The molecule has 9 nitrogen and oxygen atoms in total. The average Bonchev–Trinajstić information content (AvgIpc) is 3.35. The van der Waals surface area contributed by atoms with Crippen LogP contribution in [0.3, 0.4) is 0 Å². The molecule has 1 aliphatic rings. The highest BCUT2D eigenvalue weighted by molar-refractivity contribution is 5.90. The Morgan fingerprint density at radius 1 is 1.09 bits per heavy atom. The topological polar surface area (TPSA) is 98.6 Å². The number of carbonyl (C=O) groups excluding carboxylic acids is 1. The summed E-state index contributed by atoms with van der Waals surface area (Å²) >= 11 is 0. The molecular formula is C23H27N5O4. The van der Waals surface area contributed by atoms with Crippen LogP contribution in [0, 0.1) is 0 Å². The average molecular weight is 438 g/mol. The predicted molar refractivity (Wildman–Crippen MR) is 123 cm³/mol. The Labute approximate surface area is 186 Å². The zero-order valence-corrected chi connectivity index (χ0v) is 18.3. The van der Waals surface area contributed by atoms with Crippen molar-refractivity contribution in [1.82, 2.24) is 14.5 Å². The maximum atomic E-state index is 12.8. The van der Waals surface area contributed by atoms with Crippen LogP contribution in [-0.2, 0) is 11.3 Å². The van der Waals surface area contributed by atoms with Gasteiger partial charge in [-0.2, -0.15) is 0 Å². The van der Waals surface area contributed by atoms with Crippen molar-refractivity contribution in [2.45, 2.75) is 32.2 Å². The second-order valence-electron chi connectivity index (χ2n) is 7.72. The Morgan fingerprint density at radius 3 is 2.53 bits per heavy atom. The van der Waals surface area contributed by atoms with Gasteiger partial charge in [0, 0.05) is 32.1 Å². The van der Waals surface area contributed by atoms with E-state index < -0.39 is 0 Å². The van der Waals surface area contributed by atoms with Gasteiger partial charge in [0.1, 0.15) is 5.82 Å². The van der Waals surface area contributed by atoms with Crippen LogP contribution in [0.25, 0.3) is 10.9 Å². The summed E-state index contributed by atoms with van der Waals surface area (Å²) in [6, 6.07) is 7.12. The lowest BCUT2D eigenvalue weighted by Gasteiger charge is -2.16. The summed E-state index contributed by atoms with van der Waals surface area (Å²) in [6.45, 7) is 2.44. The number of methoxy groups -OCH3 is 2. The molecule has 9 heteroatoms. The first-order valence-corrected chi connectivity index (χ1v) is 10.7. The summed E-state index contributed by atoms with van der Waals surface area (Å²) in [6.07, 6.45) is 6.35. The van der Waals surface area contributed by atoms with Gasteiger partial charge >= 0.3 is 0 Å². The van der Waals surface area contributed by atoms with Gasteiger partial charge in [0.15, 0.2) is 11.5 Å². The fourth-order valence-corrected chi connectivity index (χ4v) is 3.87. The largest absolute Gasteiger partial charge is 0.493 e. The van der Waals surface area contributed by atoms with E-state index in [0.29, 0.717) is 41.1 Å². The quantitative estimate of drug-likeness (QED) is 0.579. The molecule has 0 atom stereocenters. The van der Waals surface area contributed by atoms with Crippen molar-refractivity contribution in [1.29, 1.82) is 0 Å². The van der Waals surface area contributed by atoms with E-state index >= 15 is 0 Å². The first-order valence-electron chi connectivity index (χ1n) is 10.7. The van der Waals surface area contributed by atoms with E-state index in [4.69, 9.17) is 9.47 Å². The molecule has 0 unspecified atom stereocenters. The number of fused-ring (bicyclic) bond motifs is 1. The zero-order valence-electron chi connectivity index (χ0n) is 18.3. The minimum absolute atomic E-state index is 0.117. The molecule has 1 saturated heterocycles. The Hall–Kier alpha value is -3.62. The van der Waals surface area contributed by atoms with Gasteiger partial charge < -0.3 is 19.7 Å². The number of anilines is 2. The van der Waals surface area contributed by atoms with Crippen LogP contribution in [-0.4, -0.2) is 47.8 Å². The number of aryl methyl sites for hydroxylation is 1. The third kappa shape index (κ3) is 4.66. The second-order valence-corrected chi connectivity index (χ2v) is 7.72. The Bertz CT molecular complexity index is 1150. The first kappa shape index (κ1) is 21.6. The van der Waals surface area contributed by atoms with E-state index in [1.54, 1.807) is 18.3 Å².